The molecule has 1 aromatic rings. The zero-order valence-electron chi connectivity index (χ0n) is 11.2. The zero-order valence-corrected chi connectivity index (χ0v) is 11.2. The van der Waals surface area contributed by atoms with Crippen LogP contribution in [0.5, 0.6) is 0 Å². The van der Waals surface area contributed by atoms with Crippen LogP contribution < -0.4 is 0 Å². The van der Waals surface area contributed by atoms with Crippen molar-refractivity contribution in [2.24, 2.45) is 11.1 Å². The van der Waals surface area contributed by atoms with Gasteiger partial charge in [-0.1, -0.05) is 5.16 Å². The fourth-order valence-electron chi connectivity index (χ4n) is 2.79. The van der Waals surface area contributed by atoms with Gasteiger partial charge in [0, 0.05) is 24.6 Å². The van der Waals surface area contributed by atoms with Gasteiger partial charge in [-0.25, -0.2) is 0 Å². The average molecular weight is 275 g/mol. The first kappa shape index (κ1) is 13.1. The maximum atomic E-state index is 10.6. The van der Waals surface area contributed by atoms with E-state index < -0.39 is 4.92 Å². The second-order valence-electron chi connectivity index (χ2n) is 5.33. The number of rotatable bonds is 4. The second-order valence-corrected chi connectivity index (χ2v) is 5.33. The lowest BCUT2D eigenvalue weighted by Gasteiger charge is -2.39. The minimum absolute atomic E-state index is 0.0949. The molecular formula is C14H17N3O3. The van der Waals surface area contributed by atoms with Crippen molar-refractivity contribution in [3.05, 3.63) is 39.9 Å². The number of benzene rings is 1. The van der Waals surface area contributed by atoms with E-state index in [4.69, 9.17) is 4.84 Å². The molecule has 0 atom stereocenters. The summed E-state index contributed by atoms with van der Waals surface area (Å²) in [5, 5.41) is 14.8. The molecule has 2 bridgehead atoms. The number of piperidine rings is 3. The molecule has 4 rings (SSSR count). The van der Waals surface area contributed by atoms with E-state index in [-0.39, 0.29) is 5.69 Å². The average Bonchev–Trinajstić information content (AvgIpc) is 2.49. The number of fused-ring (bicyclic) bond motifs is 3. The maximum absolute atomic E-state index is 10.6. The minimum Gasteiger partial charge on any atom is -0.391 e. The van der Waals surface area contributed by atoms with Crippen LogP contribution in [-0.4, -0.2) is 35.2 Å². The van der Waals surface area contributed by atoms with Crippen LogP contribution in [0.15, 0.2) is 29.4 Å². The largest absolute Gasteiger partial charge is 0.391 e. The first-order valence-corrected chi connectivity index (χ1v) is 6.87. The third kappa shape index (κ3) is 2.80. The Hall–Kier alpha value is -1.95. The summed E-state index contributed by atoms with van der Waals surface area (Å²) in [6, 6.07) is 6.38. The van der Waals surface area contributed by atoms with Gasteiger partial charge < -0.3 is 4.84 Å². The summed E-state index contributed by atoms with van der Waals surface area (Å²) in [5.74, 6) is 0.580. The van der Waals surface area contributed by atoms with E-state index in [9.17, 15) is 10.1 Å². The summed E-state index contributed by atoms with van der Waals surface area (Å²) in [4.78, 5) is 17.9. The number of nitro benzene ring substituents is 1. The third-order valence-corrected chi connectivity index (χ3v) is 4.00. The number of hydrogen-bond donors (Lipinski definition) is 0. The molecule has 6 heteroatoms. The molecule has 0 saturated carbocycles. The summed E-state index contributed by atoms with van der Waals surface area (Å²) in [6.07, 6.45) is 2.36. The highest BCUT2D eigenvalue weighted by atomic mass is 16.6. The fourth-order valence-corrected chi connectivity index (χ4v) is 2.79. The molecule has 3 heterocycles. The van der Waals surface area contributed by atoms with Gasteiger partial charge in [-0.3, -0.25) is 15.0 Å². The maximum Gasteiger partial charge on any atom is 0.269 e. The number of oxime groups is 1. The van der Waals surface area contributed by atoms with Crippen LogP contribution in [0.4, 0.5) is 5.69 Å². The molecule has 0 spiro atoms. The Kier molecular flexibility index (Phi) is 3.64. The van der Waals surface area contributed by atoms with Gasteiger partial charge in [-0.05, 0) is 43.6 Å². The molecule has 106 valence electrons. The van der Waals surface area contributed by atoms with Crippen molar-refractivity contribution >= 4 is 11.4 Å². The number of non-ortho nitro benzene ring substituents is 1. The Labute approximate surface area is 117 Å². The highest BCUT2D eigenvalue weighted by Gasteiger charge is 2.31. The summed E-state index contributed by atoms with van der Waals surface area (Å²) >= 11 is 0. The molecule has 1 aromatic carbocycles. The number of nitro groups is 1. The van der Waals surface area contributed by atoms with Gasteiger partial charge in [0.25, 0.3) is 5.69 Å². The van der Waals surface area contributed by atoms with Gasteiger partial charge in [-0.2, -0.15) is 0 Å². The Morgan fingerprint density at radius 1 is 1.30 bits per heavy atom. The van der Waals surface area contributed by atoms with Crippen molar-refractivity contribution in [1.82, 2.24) is 4.90 Å². The van der Waals surface area contributed by atoms with Crippen LogP contribution in [0.2, 0.25) is 0 Å². The zero-order chi connectivity index (χ0) is 13.9. The SMILES string of the molecule is O=[N+]([O-])c1ccc(CO/N=C2/CN3CCC2CC3)cc1. The van der Waals surface area contributed by atoms with Gasteiger partial charge in [0.1, 0.15) is 6.61 Å². The van der Waals surface area contributed by atoms with E-state index in [0.717, 1.165) is 17.8 Å². The van der Waals surface area contributed by atoms with Crippen LogP contribution in [0.25, 0.3) is 0 Å². The molecule has 0 aliphatic carbocycles. The minimum atomic E-state index is -0.405. The van der Waals surface area contributed by atoms with Gasteiger partial charge in [-0.15, -0.1) is 0 Å². The van der Waals surface area contributed by atoms with Crippen molar-refractivity contribution in [2.75, 3.05) is 19.6 Å². The Balaban J connectivity index is 1.56. The molecule has 3 aliphatic heterocycles. The second kappa shape index (κ2) is 5.58. The van der Waals surface area contributed by atoms with E-state index in [2.05, 4.69) is 10.1 Å². The lowest BCUT2D eigenvalue weighted by molar-refractivity contribution is -0.384. The van der Waals surface area contributed by atoms with Crippen molar-refractivity contribution in [2.45, 2.75) is 19.4 Å². The molecule has 0 aromatic heterocycles. The summed E-state index contributed by atoms with van der Waals surface area (Å²) in [6.45, 7) is 3.62. The predicted molar refractivity (Wildman–Crippen MR) is 74.5 cm³/mol. The lowest BCUT2D eigenvalue weighted by atomic mass is 9.87. The van der Waals surface area contributed by atoms with Crippen LogP contribution in [0.3, 0.4) is 0 Å². The standard InChI is InChI=1S/C14H17N3O3/c18-17(19)13-3-1-11(2-4-13)10-20-15-14-9-16-7-5-12(14)6-8-16/h1-4,12H,5-10H2/b15-14-. The quantitative estimate of drug-likeness (QED) is 0.624. The third-order valence-electron chi connectivity index (χ3n) is 4.00. The molecule has 0 radical (unpaired) electrons. The molecule has 0 N–H and O–H groups in total. The fraction of sp³-hybridized carbons (Fsp3) is 0.500. The van der Waals surface area contributed by atoms with Crippen LogP contribution in [0.1, 0.15) is 18.4 Å². The summed E-state index contributed by atoms with van der Waals surface area (Å²) in [7, 11) is 0. The normalized spacial score (nSPS) is 26.7. The van der Waals surface area contributed by atoms with Crippen molar-refractivity contribution in [3.8, 4) is 0 Å². The molecule has 6 nitrogen and oxygen atoms in total. The van der Waals surface area contributed by atoms with E-state index in [1.165, 1.54) is 38.1 Å². The van der Waals surface area contributed by atoms with E-state index in [1.54, 1.807) is 12.1 Å². The molecular weight excluding hydrogens is 258 g/mol. The van der Waals surface area contributed by atoms with Gasteiger partial charge in [0.05, 0.1) is 10.6 Å². The van der Waals surface area contributed by atoms with Gasteiger partial charge in [0.15, 0.2) is 0 Å². The van der Waals surface area contributed by atoms with Crippen molar-refractivity contribution < 1.29 is 9.76 Å². The summed E-state index contributed by atoms with van der Waals surface area (Å²) in [5.41, 5.74) is 2.13. The molecule has 20 heavy (non-hydrogen) atoms. The van der Waals surface area contributed by atoms with Crippen LogP contribution >= 0.6 is 0 Å². The number of hydrogen-bond acceptors (Lipinski definition) is 5. The van der Waals surface area contributed by atoms with Crippen molar-refractivity contribution in [1.29, 1.82) is 0 Å². The molecule has 0 unspecified atom stereocenters. The smallest absolute Gasteiger partial charge is 0.269 e. The first-order chi connectivity index (χ1) is 9.72. The van der Waals surface area contributed by atoms with Gasteiger partial charge in [0.2, 0.25) is 0 Å². The molecule has 3 fully saturated rings. The topological polar surface area (TPSA) is 68.0 Å². The Morgan fingerprint density at radius 2 is 2.00 bits per heavy atom. The van der Waals surface area contributed by atoms with Crippen molar-refractivity contribution in [3.63, 3.8) is 0 Å². The number of nitrogens with zero attached hydrogens (tertiary/aromatic N) is 3. The van der Waals surface area contributed by atoms with Crippen LogP contribution in [-0.2, 0) is 11.4 Å². The molecule has 3 saturated heterocycles. The highest BCUT2D eigenvalue weighted by molar-refractivity contribution is 5.89. The first-order valence-electron chi connectivity index (χ1n) is 6.87. The summed E-state index contributed by atoms with van der Waals surface area (Å²) < 4.78 is 0. The Bertz CT molecular complexity index is 519. The van der Waals surface area contributed by atoms with Gasteiger partial charge >= 0.3 is 0 Å². The molecule has 3 aliphatic rings. The Morgan fingerprint density at radius 3 is 2.55 bits per heavy atom. The predicted octanol–water partition coefficient (Wildman–Crippen LogP) is 2.19. The monoisotopic (exact) mass is 275 g/mol. The molecule has 0 amide bonds. The van der Waals surface area contributed by atoms with E-state index in [0.29, 0.717) is 12.5 Å². The highest BCUT2D eigenvalue weighted by Crippen LogP contribution is 2.25. The van der Waals surface area contributed by atoms with E-state index >= 15 is 0 Å². The lowest BCUT2D eigenvalue weighted by Crippen LogP contribution is -2.47. The van der Waals surface area contributed by atoms with Crippen LogP contribution in [0, 0.1) is 16.0 Å². The van der Waals surface area contributed by atoms with E-state index in [1.807, 2.05) is 0 Å².